The monoisotopic (exact) mass is 253 g/mol. The van der Waals surface area contributed by atoms with Crippen molar-refractivity contribution in [1.82, 2.24) is 10.3 Å². The third-order valence-electron chi connectivity index (χ3n) is 3.48. The molecule has 1 aliphatic carbocycles. The predicted molar refractivity (Wildman–Crippen MR) is 65.9 cm³/mol. The summed E-state index contributed by atoms with van der Waals surface area (Å²) in [4.78, 5) is 25.1. The van der Waals surface area contributed by atoms with Crippen molar-refractivity contribution in [2.75, 3.05) is 13.2 Å². The number of aliphatic hydroxyl groups is 1. The number of hydrazone groups is 1. The lowest BCUT2D eigenvalue weighted by Gasteiger charge is -2.38. The van der Waals surface area contributed by atoms with Gasteiger partial charge in [-0.2, -0.15) is 5.10 Å². The molecule has 2 rings (SSSR count). The van der Waals surface area contributed by atoms with Gasteiger partial charge in [0.05, 0.1) is 0 Å². The van der Waals surface area contributed by atoms with Crippen molar-refractivity contribution in [3.05, 3.63) is 0 Å². The molecule has 0 aromatic heterocycles. The summed E-state index contributed by atoms with van der Waals surface area (Å²) in [5.74, 6) is -0.231. The Kier molecular flexibility index (Phi) is 4.30. The quantitative estimate of drug-likeness (QED) is 0.724. The maximum Gasteiger partial charge on any atom is 0.270 e. The van der Waals surface area contributed by atoms with Crippen LogP contribution < -0.4 is 5.43 Å². The first-order valence-electron chi connectivity index (χ1n) is 6.49. The summed E-state index contributed by atoms with van der Waals surface area (Å²) in [5, 5.41) is 12.7. The van der Waals surface area contributed by atoms with Crippen LogP contribution in [0.4, 0.5) is 0 Å². The number of rotatable bonds is 5. The lowest BCUT2D eigenvalue weighted by molar-refractivity contribution is -0.128. The van der Waals surface area contributed by atoms with E-state index in [0.717, 1.165) is 19.3 Å². The van der Waals surface area contributed by atoms with E-state index in [-0.39, 0.29) is 24.5 Å². The van der Waals surface area contributed by atoms with Crippen LogP contribution in [0.5, 0.6) is 0 Å². The minimum absolute atomic E-state index is 0.0830. The average molecular weight is 253 g/mol. The van der Waals surface area contributed by atoms with Crippen LogP contribution in [-0.4, -0.2) is 46.7 Å². The van der Waals surface area contributed by atoms with E-state index in [9.17, 15) is 9.59 Å². The van der Waals surface area contributed by atoms with Crippen molar-refractivity contribution >= 4 is 17.5 Å². The number of aliphatic hydroxyl groups excluding tert-OH is 1. The fraction of sp³-hybridized carbons (Fsp3) is 0.750. The van der Waals surface area contributed by atoms with Gasteiger partial charge in [0.2, 0.25) is 5.91 Å². The molecule has 2 amide bonds. The summed E-state index contributed by atoms with van der Waals surface area (Å²) in [7, 11) is 0. The van der Waals surface area contributed by atoms with Gasteiger partial charge >= 0.3 is 0 Å². The summed E-state index contributed by atoms with van der Waals surface area (Å²) >= 11 is 0. The Bertz CT molecular complexity index is 364. The predicted octanol–water partition coefficient (Wildman–Crippen LogP) is 0.0159. The van der Waals surface area contributed by atoms with Gasteiger partial charge in [0.1, 0.15) is 5.71 Å². The van der Waals surface area contributed by atoms with Crippen molar-refractivity contribution in [1.29, 1.82) is 0 Å². The number of carbonyl (C=O) groups excluding carboxylic acids is 2. The Labute approximate surface area is 106 Å². The first kappa shape index (κ1) is 13.0. The molecule has 2 N–H and O–H groups in total. The standard InChI is InChI=1S/C12H19N3O3/c16-8-2-7-15(9-3-1-4-9)12(18)10-5-6-11(17)14-13-10/h9,16H,1-8H2,(H,14,17). The van der Waals surface area contributed by atoms with Crippen LogP contribution in [-0.2, 0) is 9.59 Å². The SMILES string of the molecule is O=C1CCC(C(=O)N(CCCO)C2CCC2)=NN1. The minimum Gasteiger partial charge on any atom is -0.396 e. The smallest absolute Gasteiger partial charge is 0.270 e. The lowest BCUT2D eigenvalue weighted by atomic mass is 9.90. The molecule has 1 heterocycles. The molecule has 0 aromatic carbocycles. The lowest BCUT2D eigenvalue weighted by Crippen LogP contribution is -2.49. The summed E-state index contributed by atoms with van der Waals surface area (Å²) in [6, 6.07) is 0.282. The number of amides is 2. The zero-order chi connectivity index (χ0) is 13.0. The van der Waals surface area contributed by atoms with Crippen molar-refractivity contribution in [2.45, 2.75) is 44.6 Å². The second kappa shape index (κ2) is 5.95. The number of hydrogen-bond donors (Lipinski definition) is 2. The normalized spacial score (nSPS) is 19.8. The Morgan fingerprint density at radius 3 is 2.72 bits per heavy atom. The average Bonchev–Trinajstić information content (AvgIpc) is 2.32. The van der Waals surface area contributed by atoms with Gasteiger partial charge in [-0.15, -0.1) is 0 Å². The van der Waals surface area contributed by atoms with Gasteiger partial charge < -0.3 is 10.0 Å². The van der Waals surface area contributed by atoms with Crippen LogP contribution in [0.25, 0.3) is 0 Å². The molecule has 0 spiro atoms. The Morgan fingerprint density at radius 2 is 2.22 bits per heavy atom. The number of nitrogens with one attached hydrogen (secondary N) is 1. The molecule has 0 unspecified atom stereocenters. The highest BCUT2D eigenvalue weighted by atomic mass is 16.3. The first-order valence-corrected chi connectivity index (χ1v) is 6.49. The molecule has 0 saturated heterocycles. The van der Waals surface area contributed by atoms with Gasteiger partial charge in [-0.05, 0) is 25.7 Å². The van der Waals surface area contributed by atoms with E-state index >= 15 is 0 Å². The van der Waals surface area contributed by atoms with E-state index < -0.39 is 0 Å². The minimum atomic E-state index is -0.142. The maximum absolute atomic E-state index is 12.3. The molecule has 0 radical (unpaired) electrons. The van der Waals surface area contributed by atoms with Gasteiger partial charge in [0.15, 0.2) is 0 Å². The highest BCUT2D eigenvalue weighted by Crippen LogP contribution is 2.25. The second-order valence-corrected chi connectivity index (χ2v) is 4.75. The Hall–Kier alpha value is -1.43. The maximum atomic E-state index is 12.3. The van der Waals surface area contributed by atoms with Crippen molar-refractivity contribution in [2.24, 2.45) is 5.10 Å². The Balaban J connectivity index is 2.00. The molecular formula is C12H19N3O3. The second-order valence-electron chi connectivity index (χ2n) is 4.75. The van der Waals surface area contributed by atoms with Gasteiger partial charge in [-0.1, -0.05) is 0 Å². The molecule has 18 heavy (non-hydrogen) atoms. The summed E-state index contributed by atoms with van der Waals surface area (Å²) in [5.41, 5.74) is 2.78. The van der Waals surface area contributed by atoms with Gasteiger partial charge in [0, 0.05) is 32.0 Å². The van der Waals surface area contributed by atoms with Crippen LogP contribution >= 0.6 is 0 Å². The van der Waals surface area contributed by atoms with Gasteiger partial charge in [0.25, 0.3) is 5.91 Å². The van der Waals surface area contributed by atoms with Crippen LogP contribution in [0.15, 0.2) is 5.10 Å². The molecule has 0 aromatic rings. The third-order valence-corrected chi connectivity index (χ3v) is 3.48. The van der Waals surface area contributed by atoms with E-state index in [1.165, 1.54) is 0 Å². The molecule has 6 heteroatoms. The van der Waals surface area contributed by atoms with Crippen LogP contribution in [0.3, 0.4) is 0 Å². The van der Waals surface area contributed by atoms with Crippen molar-refractivity contribution in [3.63, 3.8) is 0 Å². The first-order chi connectivity index (χ1) is 8.72. The fourth-order valence-corrected chi connectivity index (χ4v) is 2.18. The summed E-state index contributed by atoms with van der Waals surface area (Å²) < 4.78 is 0. The molecular weight excluding hydrogens is 234 g/mol. The van der Waals surface area contributed by atoms with Gasteiger partial charge in [-0.25, -0.2) is 5.43 Å². The van der Waals surface area contributed by atoms with Crippen LogP contribution in [0, 0.1) is 0 Å². The zero-order valence-corrected chi connectivity index (χ0v) is 10.4. The molecule has 100 valence electrons. The largest absolute Gasteiger partial charge is 0.396 e. The summed E-state index contributed by atoms with van der Waals surface area (Å²) in [6.45, 7) is 0.646. The molecule has 0 atom stereocenters. The van der Waals surface area contributed by atoms with E-state index in [4.69, 9.17) is 5.11 Å². The van der Waals surface area contributed by atoms with Crippen LogP contribution in [0.1, 0.15) is 38.5 Å². The van der Waals surface area contributed by atoms with E-state index in [0.29, 0.717) is 31.5 Å². The molecule has 1 aliphatic heterocycles. The fourth-order valence-electron chi connectivity index (χ4n) is 2.18. The molecule has 2 aliphatic rings. The topological polar surface area (TPSA) is 82.0 Å². The molecule has 1 fully saturated rings. The third kappa shape index (κ3) is 2.87. The van der Waals surface area contributed by atoms with Crippen molar-refractivity contribution in [3.8, 4) is 0 Å². The molecule has 6 nitrogen and oxygen atoms in total. The number of carbonyl (C=O) groups is 2. The summed E-state index contributed by atoms with van der Waals surface area (Å²) in [6.07, 6.45) is 4.52. The van der Waals surface area contributed by atoms with E-state index in [1.54, 1.807) is 4.90 Å². The zero-order valence-electron chi connectivity index (χ0n) is 10.4. The van der Waals surface area contributed by atoms with Gasteiger partial charge in [-0.3, -0.25) is 9.59 Å². The highest BCUT2D eigenvalue weighted by molar-refractivity contribution is 6.39. The molecule has 0 bridgehead atoms. The van der Waals surface area contributed by atoms with Crippen molar-refractivity contribution < 1.29 is 14.7 Å². The number of hydrogen-bond acceptors (Lipinski definition) is 4. The van der Waals surface area contributed by atoms with Crippen LogP contribution in [0.2, 0.25) is 0 Å². The number of nitrogens with zero attached hydrogens (tertiary/aromatic N) is 2. The van der Waals surface area contributed by atoms with E-state index in [1.807, 2.05) is 0 Å². The van der Waals surface area contributed by atoms with E-state index in [2.05, 4.69) is 10.5 Å². The Morgan fingerprint density at radius 1 is 1.44 bits per heavy atom. The molecule has 1 saturated carbocycles. The highest BCUT2D eigenvalue weighted by Gasteiger charge is 2.31.